The first kappa shape index (κ1) is 18.2. The third kappa shape index (κ3) is 3.25. The minimum Gasteiger partial charge on any atom is -0.289 e. The summed E-state index contributed by atoms with van der Waals surface area (Å²) < 4.78 is 27.4. The van der Waals surface area contributed by atoms with Crippen molar-refractivity contribution < 1.29 is 18.4 Å². The SMILES string of the molecule is CC(=O)N(c1nc(/C=C2/Cc3ccccc3C2=O)cs1)c1ccc(F)cc1F. The smallest absolute Gasteiger partial charge is 0.230 e. The van der Waals surface area contributed by atoms with Crippen LogP contribution in [-0.4, -0.2) is 16.7 Å². The lowest BCUT2D eigenvalue weighted by molar-refractivity contribution is -0.115. The number of rotatable bonds is 3. The zero-order chi connectivity index (χ0) is 19.8. The minimum absolute atomic E-state index is 0.0434. The van der Waals surface area contributed by atoms with Crippen molar-refractivity contribution in [3.05, 3.63) is 81.9 Å². The van der Waals surface area contributed by atoms with Gasteiger partial charge in [-0.15, -0.1) is 11.3 Å². The van der Waals surface area contributed by atoms with Crippen molar-refractivity contribution in [3.63, 3.8) is 0 Å². The van der Waals surface area contributed by atoms with E-state index in [2.05, 4.69) is 4.98 Å². The second-order valence-corrected chi connectivity index (χ2v) is 7.17. The van der Waals surface area contributed by atoms with Crippen molar-refractivity contribution in [2.45, 2.75) is 13.3 Å². The lowest BCUT2D eigenvalue weighted by Gasteiger charge is -2.18. The average molecular weight is 396 g/mol. The Labute approximate surface area is 163 Å². The molecule has 1 aliphatic rings. The lowest BCUT2D eigenvalue weighted by atomic mass is 10.1. The van der Waals surface area contributed by atoms with Crippen LogP contribution in [0.4, 0.5) is 19.6 Å². The van der Waals surface area contributed by atoms with Gasteiger partial charge in [0, 0.05) is 35.9 Å². The number of ketones is 1. The highest BCUT2D eigenvalue weighted by molar-refractivity contribution is 7.14. The Morgan fingerprint density at radius 2 is 2.00 bits per heavy atom. The van der Waals surface area contributed by atoms with Gasteiger partial charge in [-0.2, -0.15) is 0 Å². The first-order chi connectivity index (χ1) is 13.4. The van der Waals surface area contributed by atoms with E-state index in [0.717, 1.165) is 33.9 Å². The van der Waals surface area contributed by atoms with Crippen molar-refractivity contribution in [2.24, 2.45) is 0 Å². The second kappa shape index (κ2) is 7.09. The number of hydrogen-bond donors (Lipinski definition) is 0. The zero-order valence-corrected chi connectivity index (χ0v) is 15.6. The van der Waals surface area contributed by atoms with Crippen molar-refractivity contribution in [1.29, 1.82) is 0 Å². The monoisotopic (exact) mass is 396 g/mol. The van der Waals surface area contributed by atoms with Gasteiger partial charge in [-0.1, -0.05) is 24.3 Å². The Morgan fingerprint density at radius 3 is 2.71 bits per heavy atom. The minimum atomic E-state index is -0.855. The summed E-state index contributed by atoms with van der Waals surface area (Å²) in [7, 11) is 0. The molecule has 0 saturated heterocycles. The van der Waals surface area contributed by atoms with E-state index in [1.807, 2.05) is 18.2 Å². The molecule has 0 bridgehead atoms. The van der Waals surface area contributed by atoms with Gasteiger partial charge in [0.25, 0.3) is 0 Å². The highest BCUT2D eigenvalue weighted by atomic mass is 32.1. The number of thiazole rings is 1. The molecular weight excluding hydrogens is 382 g/mol. The number of fused-ring (bicyclic) bond motifs is 1. The van der Waals surface area contributed by atoms with E-state index >= 15 is 0 Å². The van der Waals surface area contributed by atoms with Gasteiger partial charge in [0.2, 0.25) is 5.91 Å². The van der Waals surface area contributed by atoms with E-state index in [-0.39, 0.29) is 16.6 Å². The van der Waals surface area contributed by atoms with Crippen molar-refractivity contribution in [2.75, 3.05) is 4.90 Å². The molecule has 28 heavy (non-hydrogen) atoms. The molecule has 1 heterocycles. The van der Waals surface area contributed by atoms with Gasteiger partial charge in [0.05, 0.1) is 11.4 Å². The maximum Gasteiger partial charge on any atom is 0.230 e. The molecule has 1 aliphatic carbocycles. The van der Waals surface area contributed by atoms with Gasteiger partial charge >= 0.3 is 0 Å². The van der Waals surface area contributed by atoms with E-state index in [4.69, 9.17) is 0 Å². The number of carbonyl (C=O) groups excluding carboxylic acids is 2. The Hall–Kier alpha value is -3.19. The van der Waals surface area contributed by atoms with Crippen LogP contribution in [0, 0.1) is 11.6 Å². The molecule has 4 nitrogen and oxygen atoms in total. The highest BCUT2D eigenvalue weighted by Crippen LogP contribution is 2.33. The molecule has 0 unspecified atom stereocenters. The molecule has 1 aromatic heterocycles. The van der Waals surface area contributed by atoms with Crippen molar-refractivity contribution in [3.8, 4) is 0 Å². The summed E-state index contributed by atoms with van der Waals surface area (Å²) in [5, 5.41) is 1.93. The van der Waals surface area contributed by atoms with Crippen LogP contribution in [0.1, 0.15) is 28.5 Å². The maximum atomic E-state index is 14.2. The second-order valence-electron chi connectivity index (χ2n) is 6.34. The molecule has 0 N–H and O–H groups in total. The number of halogens is 2. The van der Waals surface area contributed by atoms with E-state index in [9.17, 15) is 18.4 Å². The summed E-state index contributed by atoms with van der Waals surface area (Å²) in [5.74, 6) is -2.08. The fraction of sp³-hybridized carbons (Fsp3) is 0.0952. The highest BCUT2D eigenvalue weighted by Gasteiger charge is 2.25. The van der Waals surface area contributed by atoms with Crippen LogP contribution in [0.2, 0.25) is 0 Å². The fourth-order valence-electron chi connectivity index (χ4n) is 3.16. The maximum absolute atomic E-state index is 14.2. The third-order valence-electron chi connectivity index (χ3n) is 4.42. The normalized spacial score (nSPS) is 14.4. The Bertz CT molecular complexity index is 1140. The molecule has 0 spiro atoms. The van der Waals surface area contributed by atoms with Crippen LogP contribution in [-0.2, 0) is 11.2 Å². The van der Waals surface area contributed by atoms with Gasteiger partial charge in [0.15, 0.2) is 10.9 Å². The predicted molar refractivity (Wildman–Crippen MR) is 104 cm³/mol. The largest absolute Gasteiger partial charge is 0.289 e. The summed E-state index contributed by atoms with van der Waals surface area (Å²) in [6.07, 6.45) is 2.20. The number of Topliss-reactive ketones (excluding diaryl/α,β-unsaturated/α-hetero) is 1. The molecule has 7 heteroatoms. The van der Waals surface area contributed by atoms with Crippen LogP contribution in [0.3, 0.4) is 0 Å². The molecule has 2 aromatic carbocycles. The standard InChI is InChI=1S/C21H14F2N2O2S/c1-12(26)25(19-7-6-15(22)10-18(19)23)21-24-16(11-28-21)9-14-8-13-4-2-3-5-17(13)20(14)27/h2-7,9-11H,8H2,1H3/b14-9-. The van der Waals surface area contributed by atoms with Gasteiger partial charge in [0.1, 0.15) is 11.6 Å². The van der Waals surface area contributed by atoms with E-state index in [0.29, 0.717) is 23.3 Å². The first-order valence-corrected chi connectivity index (χ1v) is 9.36. The number of aromatic nitrogens is 1. The quantitative estimate of drug-likeness (QED) is 0.590. The number of amides is 1. The molecule has 0 aliphatic heterocycles. The Morgan fingerprint density at radius 1 is 1.21 bits per heavy atom. The molecule has 4 rings (SSSR count). The third-order valence-corrected chi connectivity index (χ3v) is 5.27. The Kier molecular flexibility index (Phi) is 4.60. The van der Waals surface area contributed by atoms with Gasteiger partial charge in [-0.3, -0.25) is 14.5 Å². The van der Waals surface area contributed by atoms with Crippen LogP contribution in [0.25, 0.3) is 6.08 Å². The molecule has 0 saturated carbocycles. The number of anilines is 2. The first-order valence-electron chi connectivity index (χ1n) is 8.48. The van der Waals surface area contributed by atoms with E-state index < -0.39 is 17.5 Å². The topological polar surface area (TPSA) is 50.3 Å². The molecule has 0 radical (unpaired) electrons. The number of hydrogen-bond acceptors (Lipinski definition) is 4. The number of nitrogens with zero attached hydrogens (tertiary/aromatic N) is 2. The van der Waals surface area contributed by atoms with Gasteiger partial charge in [-0.05, 0) is 23.8 Å². The van der Waals surface area contributed by atoms with E-state index in [1.165, 1.54) is 13.0 Å². The Balaban J connectivity index is 1.67. The van der Waals surface area contributed by atoms with Crippen LogP contribution < -0.4 is 4.90 Å². The molecule has 140 valence electrons. The van der Waals surface area contributed by atoms with Crippen LogP contribution in [0.15, 0.2) is 53.4 Å². The van der Waals surface area contributed by atoms with Crippen LogP contribution in [0.5, 0.6) is 0 Å². The summed E-state index contributed by atoms with van der Waals surface area (Å²) >= 11 is 1.14. The fourth-order valence-corrected chi connectivity index (χ4v) is 4.00. The van der Waals surface area contributed by atoms with E-state index in [1.54, 1.807) is 17.5 Å². The zero-order valence-electron chi connectivity index (χ0n) is 14.8. The molecular formula is C21H14F2N2O2S. The molecule has 3 aromatic rings. The van der Waals surface area contributed by atoms with Gasteiger partial charge in [-0.25, -0.2) is 13.8 Å². The number of carbonyl (C=O) groups is 2. The number of allylic oxidation sites excluding steroid dienone is 1. The summed E-state index contributed by atoms with van der Waals surface area (Å²) in [6.45, 7) is 1.28. The molecule has 0 atom stereocenters. The average Bonchev–Trinajstić information content (AvgIpc) is 3.23. The van der Waals surface area contributed by atoms with Gasteiger partial charge < -0.3 is 0 Å². The number of benzene rings is 2. The summed E-state index contributed by atoms with van der Waals surface area (Å²) in [4.78, 5) is 30.1. The summed E-state index contributed by atoms with van der Waals surface area (Å²) in [6, 6.07) is 10.4. The lowest BCUT2D eigenvalue weighted by Crippen LogP contribution is -2.23. The molecule has 0 fully saturated rings. The summed E-state index contributed by atoms with van der Waals surface area (Å²) in [5.41, 5.74) is 2.69. The van der Waals surface area contributed by atoms with Crippen molar-refractivity contribution in [1.82, 2.24) is 4.98 Å². The molecule has 1 amide bonds. The van der Waals surface area contributed by atoms with Crippen molar-refractivity contribution >= 4 is 39.9 Å². The predicted octanol–water partition coefficient (Wildman–Crippen LogP) is 4.93. The van der Waals surface area contributed by atoms with Crippen LogP contribution >= 0.6 is 11.3 Å².